The van der Waals surface area contributed by atoms with Crippen LogP contribution in [-0.2, 0) is 9.59 Å². The fraction of sp³-hybridized carbons (Fsp3) is 0.400. The molecule has 23 heavy (non-hydrogen) atoms. The predicted molar refractivity (Wildman–Crippen MR) is 82.9 cm³/mol. The zero-order chi connectivity index (χ0) is 16.6. The van der Waals surface area contributed by atoms with E-state index in [1.54, 1.807) is 6.07 Å². The van der Waals surface area contributed by atoms with E-state index in [4.69, 9.17) is 0 Å². The molecule has 1 unspecified atom stereocenters. The number of hydrogen-bond donors (Lipinski definition) is 2. The highest BCUT2D eigenvalue weighted by Gasteiger charge is 2.31. The van der Waals surface area contributed by atoms with Gasteiger partial charge in [0.25, 0.3) is 5.69 Å². The van der Waals surface area contributed by atoms with Gasteiger partial charge in [-0.3, -0.25) is 19.7 Å². The van der Waals surface area contributed by atoms with Crippen LogP contribution >= 0.6 is 0 Å². The summed E-state index contributed by atoms with van der Waals surface area (Å²) in [5, 5.41) is 17.9. The number of hydrazone groups is 1. The summed E-state index contributed by atoms with van der Waals surface area (Å²) < 4.78 is 0. The van der Waals surface area contributed by atoms with Crippen molar-refractivity contribution in [2.75, 3.05) is 5.32 Å². The Balaban J connectivity index is 1.91. The van der Waals surface area contributed by atoms with Crippen LogP contribution in [0.3, 0.4) is 0 Å². The molecule has 0 radical (unpaired) electrons. The van der Waals surface area contributed by atoms with E-state index in [9.17, 15) is 19.7 Å². The van der Waals surface area contributed by atoms with Crippen molar-refractivity contribution in [3.05, 3.63) is 33.9 Å². The first-order valence-electron chi connectivity index (χ1n) is 7.42. The number of nitro groups is 1. The maximum Gasteiger partial charge on any atom is 0.293 e. The van der Waals surface area contributed by atoms with E-state index < -0.39 is 4.92 Å². The van der Waals surface area contributed by atoms with E-state index >= 15 is 0 Å². The van der Waals surface area contributed by atoms with E-state index in [0.717, 1.165) is 12.8 Å². The van der Waals surface area contributed by atoms with Crippen LogP contribution in [0.25, 0.3) is 0 Å². The highest BCUT2D eigenvalue weighted by Crippen LogP contribution is 2.33. The molecule has 120 valence electrons. The highest BCUT2D eigenvalue weighted by atomic mass is 16.6. The molecule has 1 aromatic carbocycles. The van der Waals surface area contributed by atoms with Crippen molar-refractivity contribution < 1.29 is 14.5 Å². The minimum Gasteiger partial charge on any atom is -0.320 e. The molecule has 2 amide bonds. The fourth-order valence-electron chi connectivity index (χ4n) is 2.53. The van der Waals surface area contributed by atoms with Crippen LogP contribution in [0.5, 0.6) is 0 Å². The molecule has 1 aliphatic carbocycles. The Morgan fingerprint density at radius 2 is 2.17 bits per heavy atom. The van der Waals surface area contributed by atoms with E-state index in [1.165, 1.54) is 12.1 Å². The maximum atomic E-state index is 11.8. The monoisotopic (exact) mass is 316 g/mol. The first-order chi connectivity index (χ1) is 11.0. The molecule has 1 fully saturated rings. The fourth-order valence-corrected chi connectivity index (χ4v) is 2.53. The lowest BCUT2D eigenvalue weighted by molar-refractivity contribution is -0.383. The lowest BCUT2D eigenvalue weighted by Gasteiger charge is -2.19. The second-order valence-electron chi connectivity index (χ2n) is 5.89. The molecule has 2 aliphatic rings. The first-order valence-corrected chi connectivity index (χ1v) is 7.42. The summed E-state index contributed by atoms with van der Waals surface area (Å²) in [5.41, 5.74) is 3.55. The van der Waals surface area contributed by atoms with Crippen LogP contribution in [0.4, 0.5) is 11.4 Å². The molecular weight excluding hydrogens is 300 g/mol. The molecule has 1 atom stereocenters. The zero-order valence-electron chi connectivity index (χ0n) is 12.5. The number of rotatable bonds is 4. The van der Waals surface area contributed by atoms with Gasteiger partial charge in [0.15, 0.2) is 0 Å². The Morgan fingerprint density at radius 3 is 2.78 bits per heavy atom. The smallest absolute Gasteiger partial charge is 0.293 e. The molecular formula is C15H16N4O4. The topological polar surface area (TPSA) is 114 Å². The third-order valence-corrected chi connectivity index (χ3v) is 3.96. The third kappa shape index (κ3) is 3.20. The third-order valence-electron chi connectivity index (χ3n) is 3.96. The van der Waals surface area contributed by atoms with Crippen LogP contribution in [0.2, 0.25) is 0 Å². The van der Waals surface area contributed by atoms with Crippen molar-refractivity contribution in [1.29, 1.82) is 0 Å². The van der Waals surface area contributed by atoms with E-state index in [2.05, 4.69) is 15.8 Å². The van der Waals surface area contributed by atoms with Gasteiger partial charge in [-0.05, 0) is 18.9 Å². The van der Waals surface area contributed by atoms with Gasteiger partial charge in [-0.25, -0.2) is 5.43 Å². The van der Waals surface area contributed by atoms with Gasteiger partial charge < -0.3 is 5.32 Å². The Bertz CT molecular complexity index is 724. The Kier molecular flexibility index (Phi) is 3.81. The average molecular weight is 316 g/mol. The van der Waals surface area contributed by atoms with E-state index in [-0.39, 0.29) is 41.4 Å². The SMILES string of the molecule is CC1CC(=O)NN=C1c1ccc(NC(=O)C2CC2)c([N+](=O)[O-])c1. The number of carbonyl (C=O) groups is 2. The minimum absolute atomic E-state index is 0.0350. The Morgan fingerprint density at radius 1 is 1.43 bits per heavy atom. The van der Waals surface area contributed by atoms with Crippen LogP contribution in [-0.4, -0.2) is 22.4 Å². The Labute approximate surface area is 132 Å². The van der Waals surface area contributed by atoms with Crippen molar-refractivity contribution in [2.45, 2.75) is 26.2 Å². The second kappa shape index (κ2) is 5.79. The van der Waals surface area contributed by atoms with Gasteiger partial charge in [0.05, 0.1) is 10.6 Å². The summed E-state index contributed by atoms with van der Waals surface area (Å²) in [6.07, 6.45) is 1.93. The lowest BCUT2D eigenvalue weighted by atomic mass is 9.93. The largest absolute Gasteiger partial charge is 0.320 e. The van der Waals surface area contributed by atoms with Gasteiger partial charge in [0.2, 0.25) is 11.8 Å². The van der Waals surface area contributed by atoms with Crippen molar-refractivity contribution in [2.24, 2.45) is 16.9 Å². The van der Waals surface area contributed by atoms with Gasteiger partial charge in [-0.1, -0.05) is 13.0 Å². The number of amides is 2. The number of nitro benzene ring substituents is 1. The molecule has 1 aliphatic heterocycles. The molecule has 1 aromatic rings. The summed E-state index contributed by atoms with van der Waals surface area (Å²) in [5.74, 6) is -0.525. The number of nitrogens with zero attached hydrogens (tertiary/aromatic N) is 2. The number of hydrogen-bond acceptors (Lipinski definition) is 5. The molecule has 0 spiro atoms. The van der Waals surface area contributed by atoms with Crippen LogP contribution in [0.1, 0.15) is 31.7 Å². The summed E-state index contributed by atoms with van der Waals surface area (Å²) in [7, 11) is 0. The van der Waals surface area contributed by atoms with Crippen molar-refractivity contribution >= 4 is 28.9 Å². The van der Waals surface area contributed by atoms with Crippen molar-refractivity contribution in [3.63, 3.8) is 0 Å². The number of anilines is 1. The van der Waals surface area contributed by atoms with Gasteiger partial charge in [-0.15, -0.1) is 0 Å². The summed E-state index contributed by atoms with van der Waals surface area (Å²) in [6, 6.07) is 4.57. The normalized spacial score (nSPS) is 20.5. The second-order valence-corrected chi connectivity index (χ2v) is 5.89. The van der Waals surface area contributed by atoms with Gasteiger partial charge in [0, 0.05) is 29.9 Å². The predicted octanol–water partition coefficient (Wildman–Crippen LogP) is 1.80. The zero-order valence-corrected chi connectivity index (χ0v) is 12.5. The Hall–Kier alpha value is -2.77. The van der Waals surface area contributed by atoms with Crippen LogP contribution in [0, 0.1) is 22.0 Å². The van der Waals surface area contributed by atoms with Crippen LogP contribution in [0.15, 0.2) is 23.3 Å². The minimum atomic E-state index is -0.529. The molecule has 0 saturated heterocycles. The van der Waals surface area contributed by atoms with Gasteiger partial charge in [0.1, 0.15) is 5.69 Å². The maximum absolute atomic E-state index is 11.8. The van der Waals surface area contributed by atoms with Crippen LogP contribution < -0.4 is 10.7 Å². The van der Waals surface area contributed by atoms with Crippen molar-refractivity contribution in [3.8, 4) is 0 Å². The molecule has 2 N–H and O–H groups in total. The van der Waals surface area contributed by atoms with Gasteiger partial charge >= 0.3 is 0 Å². The number of nitrogens with one attached hydrogen (secondary N) is 2. The number of carbonyl (C=O) groups excluding carboxylic acids is 2. The van der Waals surface area contributed by atoms with Crippen molar-refractivity contribution in [1.82, 2.24) is 5.43 Å². The summed E-state index contributed by atoms with van der Waals surface area (Å²) in [4.78, 5) is 33.9. The molecule has 3 rings (SSSR count). The molecule has 1 saturated carbocycles. The average Bonchev–Trinajstić information content (AvgIpc) is 3.32. The lowest BCUT2D eigenvalue weighted by Crippen LogP contribution is -2.32. The summed E-state index contributed by atoms with van der Waals surface area (Å²) in [6.45, 7) is 1.84. The van der Waals surface area contributed by atoms with E-state index in [1.807, 2.05) is 6.92 Å². The summed E-state index contributed by atoms with van der Waals surface area (Å²) >= 11 is 0. The number of benzene rings is 1. The molecule has 0 aromatic heterocycles. The first kappa shape index (κ1) is 15.1. The molecule has 0 bridgehead atoms. The van der Waals surface area contributed by atoms with E-state index in [0.29, 0.717) is 11.3 Å². The highest BCUT2D eigenvalue weighted by molar-refractivity contribution is 6.07. The molecule has 8 nitrogen and oxygen atoms in total. The quantitative estimate of drug-likeness (QED) is 0.651. The molecule has 8 heteroatoms. The molecule has 1 heterocycles. The van der Waals surface area contributed by atoms with Gasteiger partial charge in [-0.2, -0.15) is 5.10 Å². The standard InChI is InChI=1S/C15H16N4O4/c1-8-6-13(20)17-18-14(8)10-4-5-11(12(7-10)19(22)23)16-15(21)9-2-3-9/h4-5,7-9H,2-3,6H2,1H3,(H,16,21)(H,17,20).